The second-order valence-electron chi connectivity index (χ2n) is 4.26. The Kier molecular flexibility index (Phi) is 3.93. The topological polar surface area (TPSA) is 67.1 Å². The average molecular weight is 233 g/mol. The monoisotopic (exact) mass is 233 g/mol. The third-order valence-electron chi connectivity index (χ3n) is 2.94. The molecule has 5 nitrogen and oxygen atoms in total. The number of nitrogens with two attached hydrogens (primary N) is 1. The fourth-order valence-corrected chi connectivity index (χ4v) is 1.92. The van der Waals surface area contributed by atoms with Gasteiger partial charge in [0.1, 0.15) is 18.0 Å². The molecular weight excluding hydrogens is 214 g/mol. The van der Waals surface area contributed by atoms with Crippen LogP contribution in [0.5, 0.6) is 0 Å². The van der Waals surface area contributed by atoms with Gasteiger partial charge in [-0.2, -0.15) is 0 Å². The van der Waals surface area contributed by atoms with Crippen molar-refractivity contribution in [1.29, 1.82) is 0 Å². The van der Waals surface area contributed by atoms with E-state index < -0.39 is 0 Å². The van der Waals surface area contributed by atoms with E-state index in [2.05, 4.69) is 26.8 Å². The molecule has 0 unspecified atom stereocenters. The molecule has 0 bridgehead atoms. The molecule has 1 aromatic heterocycles. The molecule has 0 atom stereocenters. The van der Waals surface area contributed by atoms with E-state index in [1.165, 1.54) is 0 Å². The van der Waals surface area contributed by atoms with Crippen molar-refractivity contribution in [2.75, 3.05) is 29.9 Å². The van der Waals surface area contributed by atoms with Crippen molar-refractivity contribution in [3.8, 4) is 0 Å². The minimum absolute atomic E-state index is 0.339. The van der Waals surface area contributed by atoms with Crippen LogP contribution in [0.25, 0.3) is 0 Å². The molecule has 0 aromatic carbocycles. The van der Waals surface area contributed by atoms with Gasteiger partial charge in [-0.15, -0.1) is 6.58 Å². The summed E-state index contributed by atoms with van der Waals surface area (Å²) >= 11 is 0. The van der Waals surface area contributed by atoms with Gasteiger partial charge in [0.25, 0.3) is 0 Å². The van der Waals surface area contributed by atoms with Gasteiger partial charge in [-0.05, 0) is 12.8 Å². The molecule has 0 saturated carbocycles. The van der Waals surface area contributed by atoms with Gasteiger partial charge in [0.15, 0.2) is 0 Å². The summed E-state index contributed by atoms with van der Waals surface area (Å²) < 4.78 is 0. The van der Waals surface area contributed by atoms with Gasteiger partial charge in [0, 0.05) is 31.7 Å². The van der Waals surface area contributed by atoms with E-state index in [1.54, 1.807) is 6.33 Å². The Morgan fingerprint density at radius 3 is 2.94 bits per heavy atom. The minimum Gasteiger partial charge on any atom is -0.366 e. The summed E-state index contributed by atoms with van der Waals surface area (Å²) in [5, 5.41) is 3.16. The first-order valence-electron chi connectivity index (χ1n) is 5.97. The molecule has 1 fully saturated rings. The zero-order valence-electron chi connectivity index (χ0n) is 9.97. The van der Waals surface area contributed by atoms with Crippen LogP contribution < -0.4 is 16.0 Å². The Bertz CT molecular complexity index is 371. The van der Waals surface area contributed by atoms with Crippen LogP contribution in [0, 0.1) is 0 Å². The van der Waals surface area contributed by atoms with Gasteiger partial charge in [0.05, 0.1) is 0 Å². The first-order chi connectivity index (χ1) is 8.29. The van der Waals surface area contributed by atoms with Crippen molar-refractivity contribution >= 4 is 11.6 Å². The van der Waals surface area contributed by atoms with Gasteiger partial charge in [-0.3, -0.25) is 0 Å². The van der Waals surface area contributed by atoms with Crippen LogP contribution in [0.4, 0.5) is 11.6 Å². The lowest BCUT2D eigenvalue weighted by Gasteiger charge is -2.31. The summed E-state index contributed by atoms with van der Waals surface area (Å²) in [6.45, 7) is 6.32. The molecule has 3 N–H and O–H groups in total. The smallest absolute Gasteiger partial charge is 0.134 e. The highest BCUT2D eigenvalue weighted by Crippen LogP contribution is 2.18. The van der Waals surface area contributed by atoms with Crippen molar-refractivity contribution in [2.24, 2.45) is 5.73 Å². The number of aromatic nitrogens is 2. The van der Waals surface area contributed by atoms with E-state index in [1.807, 2.05) is 12.1 Å². The van der Waals surface area contributed by atoms with Crippen LogP contribution in [0.3, 0.4) is 0 Å². The SMILES string of the molecule is C=CCNc1cc(N2CCC(N)CC2)ncn1. The molecule has 2 heterocycles. The largest absolute Gasteiger partial charge is 0.366 e. The summed E-state index contributed by atoms with van der Waals surface area (Å²) in [4.78, 5) is 10.7. The first kappa shape index (κ1) is 11.9. The summed E-state index contributed by atoms with van der Waals surface area (Å²) in [5.41, 5.74) is 5.89. The molecule has 0 spiro atoms. The van der Waals surface area contributed by atoms with Gasteiger partial charge in [-0.25, -0.2) is 9.97 Å². The maximum absolute atomic E-state index is 5.89. The lowest BCUT2D eigenvalue weighted by atomic mass is 10.1. The highest BCUT2D eigenvalue weighted by atomic mass is 15.2. The highest BCUT2D eigenvalue weighted by molar-refractivity contribution is 5.48. The second kappa shape index (κ2) is 5.63. The second-order valence-corrected chi connectivity index (χ2v) is 4.26. The van der Waals surface area contributed by atoms with Crippen LogP contribution in [0.15, 0.2) is 25.0 Å². The summed E-state index contributed by atoms with van der Waals surface area (Å²) in [6.07, 6.45) is 5.45. The van der Waals surface area contributed by atoms with Crippen LogP contribution in [0.2, 0.25) is 0 Å². The molecule has 17 heavy (non-hydrogen) atoms. The number of hydrogen-bond donors (Lipinski definition) is 2. The number of hydrogen-bond acceptors (Lipinski definition) is 5. The molecular formula is C12H19N5. The standard InChI is InChI=1S/C12H19N5/c1-2-5-14-11-8-12(16-9-15-11)17-6-3-10(13)4-7-17/h2,8-10H,1,3-7,13H2,(H,14,15,16). The van der Waals surface area contributed by atoms with Crippen molar-refractivity contribution in [3.05, 3.63) is 25.0 Å². The molecule has 5 heteroatoms. The fraction of sp³-hybridized carbons (Fsp3) is 0.500. The normalized spacial score (nSPS) is 16.9. The third-order valence-corrected chi connectivity index (χ3v) is 2.94. The molecule has 1 saturated heterocycles. The third kappa shape index (κ3) is 3.17. The van der Waals surface area contributed by atoms with E-state index >= 15 is 0 Å². The van der Waals surface area contributed by atoms with Crippen molar-refractivity contribution in [1.82, 2.24) is 9.97 Å². The molecule has 92 valence electrons. The summed E-state index contributed by atoms with van der Waals surface area (Å²) in [7, 11) is 0. The number of nitrogens with one attached hydrogen (secondary N) is 1. The zero-order valence-corrected chi connectivity index (χ0v) is 9.97. The average Bonchev–Trinajstić information content (AvgIpc) is 2.37. The summed E-state index contributed by atoms with van der Waals surface area (Å²) in [5.74, 6) is 1.81. The predicted molar refractivity (Wildman–Crippen MR) is 70.1 cm³/mol. The van der Waals surface area contributed by atoms with E-state index in [4.69, 9.17) is 5.73 Å². The van der Waals surface area contributed by atoms with E-state index in [0.29, 0.717) is 12.6 Å². The predicted octanol–water partition coefficient (Wildman–Crippen LogP) is 1.00. The van der Waals surface area contributed by atoms with Crippen LogP contribution in [0.1, 0.15) is 12.8 Å². The molecule has 1 aliphatic heterocycles. The molecule has 0 amide bonds. The molecule has 0 radical (unpaired) electrons. The fourth-order valence-electron chi connectivity index (χ4n) is 1.92. The molecule has 1 aromatic rings. The van der Waals surface area contributed by atoms with Crippen molar-refractivity contribution < 1.29 is 0 Å². The summed E-state index contributed by atoms with van der Waals surface area (Å²) in [6, 6.07) is 2.31. The first-order valence-corrected chi connectivity index (χ1v) is 5.97. The van der Waals surface area contributed by atoms with Gasteiger partial charge in [-0.1, -0.05) is 6.08 Å². The number of rotatable bonds is 4. The minimum atomic E-state index is 0.339. The Morgan fingerprint density at radius 1 is 1.47 bits per heavy atom. The highest BCUT2D eigenvalue weighted by Gasteiger charge is 2.17. The van der Waals surface area contributed by atoms with Gasteiger partial charge >= 0.3 is 0 Å². The Hall–Kier alpha value is -1.62. The molecule has 2 rings (SSSR count). The lowest BCUT2D eigenvalue weighted by molar-refractivity contribution is 0.498. The number of piperidine rings is 1. The van der Waals surface area contributed by atoms with Crippen molar-refractivity contribution in [2.45, 2.75) is 18.9 Å². The Labute approximate surface area is 102 Å². The van der Waals surface area contributed by atoms with E-state index in [9.17, 15) is 0 Å². The zero-order chi connectivity index (χ0) is 12.1. The molecule has 1 aliphatic rings. The van der Waals surface area contributed by atoms with Crippen molar-refractivity contribution in [3.63, 3.8) is 0 Å². The maximum atomic E-state index is 5.89. The maximum Gasteiger partial charge on any atom is 0.134 e. The number of anilines is 2. The molecule has 0 aliphatic carbocycles. The van der Waals surface area contributed by atoms with E-state index in [-0.39, 0.29) is 0 Å². The quantitative estimate of drug-likeness (QED) is 0.759. The van der Waals surface area contributed by atoms with Gasteiger partial charge in [0.2, 0.25) is 0 Å². The van der Waals surface area contributed by atoms with Crippen LogP contribution in [-0.4, -0.2) is 35.6 Å². The van der Waals surface area contributed by atoms with Crippen LogP contribution in [-0.2, 0) is 0 Å². The van der Waals surface area contributed by atoms with Crippen LogP contribution >= 0.6 is 0 Å². The Balaban J connectivity index is 2.02. The van der Waals surface area contributed by atoms with Gasteiger partial charge < -0.3 is 16.0 Å². The lowest BCUT2D eigenvalue weighted by Crippen LogP contribution is -2.40. The number of nitrogens with zero attached hydrogens (tertiary/aromatic N) is 3. The van der Waals surface area contributed by atoms with E-state index in [0.717, 1.165) is 37.6 Å². The Morgan fingerprint density at radius 2 is 2.24 bits per heavy atom.